The average molecular weight is 441 g/mol. The third-order valence-electron chi connectivity index (χ3n) is 6.55. The highest BCUT2D eigenvalue weighted by Gasteiger charge is 2.37. The minimum absolute atomic E-state index is 0.0988. The lowest BCUT2D eigenvalue weighted by atomic mass is 9.89. The van der Waals surface area contributed by atoms with Crippen molar-refractivity contribution in [3.8, 4) is 0 Å². The van der Waals surface area contributed by atoms with Crippen LogP contribution >= 0.6 is 11.6 Å². The van der Waals surface area contributed by atoms with E-state index < -0.39 is 0 Å². The van der Waals surface area contributed by atoms with Gasteiger partial charge in [0.1, 0.15) is 0 Å². The number of amides is 1. The molecular weight excluding hydrogens is 412 g/mol. The van der Waals surface area contributed by atoms with E-state index in [-0.39, 0.29) is 17.9 Å². The highest BCUT2D eigenvalue weighted by molar-refractivity contribution is 6.31. The van der Waals surface area contributed by atoms with Gasteiger partial charge in [-0.1, -0.05) is 41.9 Å². The molecule has 6 nitrogen and oxygen atoms in total. The van der Waals surface area contributed by atoms with Crippen molar-refractivity contribution in [1.29, 1.82) is 0 Å². The number of benzene rings is 2. The van der Waals surface area contributed by atoms with Gasteiger partial charge in [0.25, 0.3) is 0 Å². The molecule has 5 rings (SSSR count). The van der Waals surface area contributed by atoms with E-state index in [2.05, 4.69) is 51.2 Å². The topological polar surface area (TPSA) is 65.6 Å². The summed E-state index contributed by atoms with van der Waals surface area (Å²) in [5.74, 6) is 0.305. The predicted molar refractivity (Wildman–Crippen MR) is 124 cm³/mol. The van der Waals surface area contributed by atoms with Crippen LogP contribution < -0.4 is 16.0 Å². The Morgan fingerprint density at radius 2 is 1.97 bits per heavy atom. The van der Waals surface area contributed by atoms with Gasteiger partial charge in [0.15, 0.2) is 0 Å². The number of halogens is 1. The summed E-state index contributed by atoms with van der Waals surface area (Å²) in [5.41, 5.74) is 4.67. The molecule has 2 fully saturated rings. The quantitative estimate of drug-likeness (QED) is 0.662. The van der Waals surface area contributed by atoms with E-state index >= 15 is 0 Å². The van der Waals surface area contributed by atoms with Crippen LogP contribution in [-0.4, -0.2) is 56.2 Å². The van der Waals surface area contributed by atoms with Crippen molar-refractivity contribution in [2.45, 2.75) is 30.8 Å². The summed E-state index contributed by atoms with van der Waals surface area (Å²) < 4.78 is 5.52. The van der Waals surface area contributed by atoms with Crippen LogP contribution in [-0.2, 0) is 9.53 Å². The minimum atomic E-state index is 0.0988. The zero-order valence-electron chi connectivity index (χ0n) is 17.6. The van der Waals surface area contributed by atoms with E-state index in [0.29, 0.717) is 19.1 Å². The van der Waals surface area contributed by atoms with E-state index in [4.69, 9.17) is 16.3 Å². The number of ether oxygens (including phenoxy) is 1. The highest BCUT2D eigenvalue weighted by Crippen LogP contribution is 2.49. The monoisotopic (exact) mass is 440 g/mol. The van der Waals surface area contributed by atoms with Crippen molar-refractivity contribution in [3.63, 3.8) is 0 Å². The normalized spacial score (nSPS) is 24.4. The van der Waals surface area contributed by atoms with Gasteiger partial charge in [-0.3, -0.25) is 9.69 Å². The molecule has 3 aliphatic heterocycles. The Bertz CT molecular complexity index is 933. The Labute approximate surface area is 188 Å². The van der Waals surface area contributed by atoms with Gasteiger partial charge in [0.2, 0.25) is 5.91 Å². The second-order valence-corrected chi connectivity index (χ2v) is 9.11. The fraction of sp³-hybridized carbons (Fsp3) is 0.458. The minimum Gasteiger partial charge on any atom is -0.381 e. The van der Waals surface area contributed by atoms with Crippen LogP contribution in [0.25, 0.3) is 0 Å². The number of fused-ring (bicyclic) bond motifs is 1. The molecule has 3 heterocycles. The fourth-order valence-corrected chi connectivity index (χ4v) is 5.22. The summed E-state index contributed by atoms with van der Waals surface area (Å²) in [5, 5.41) is 11.2. The summed E-state index contributed by atoms with van der Waals surface area (Å²) in [4.78, 5) is 14.2. The summed E-state index contributed by atoms with van der Waals surface area (Å²) in [6, 6.07) is 15.2. The SMILES string of the molecule is O=C1CN(CC2c3cc(Cl)cc(NC4CCOCC4)c3NC2c2ccccc2)CCN1. The van der Waals surface area contributed by atoms with Gasteiger partial charge in [-0.2, -0.15) is 0 Å². The summed E-state index contributed by atoms with van der Waals surface area (Å²) in [7, 11) is 0. The predicted octanol–water partition coefficient (Wildman–Crippen LogP) is 3.61. The Morgan fingerprint density at radius 1 is 1.16 bits per heavy atom. The van der Waals surface area contributed by atoms with E-state index in [1.807, 2.05) is 12.1 Å². The highest BCUT2D eigenvalue weighted by atomic mass is 35.5. The van der Waals surface area contributed by atoms with Crippen molar-refractivity contribution >= 4 is 28.9 Å². The fourth-order valence-electron chi connectivity index (χ4n) is 5.00. The maximum atomic E-state index is 12.0. The Morgan fingerprint density at radius 3 is 2.74 bits per heavy atom. The first-order chi connectivity index (χ1) is 15.2. The molecule has 31 heavy (non-hydrogen) atoms. The van der Waals surface area contributed by atoms with E-state index in [9.17, 15) is 4.79 Å². The number of hydrogen-bond acceptors (Lipinski definition) is 5. The molecule has 2 aromatic carbocycles. The lowest BCUT2D eigenvalue weighted by molar-refractivity contribution is -0.124. The van der Waals surface area contributed by atoms with Gasteiger partial charge in [-0.15, -0.1) is 0 Å². The second-order valence-electron chi connectivity index (χ2n) is 8.67. The van der Waals surface area contributed by atoms with E-state index in [1.54, 1.807) is 0 Å². The number of anilines is 2. The molecule has 0 saturated carbocycles. The lowest BCUT2D eigenvalue weighted by Gasteiger charge is -2.31. The summed E-state index contributed by atoms with van der Waals surface area (Å²) in [6.07, 6.45) is 1.99. The van der Waals surface area contributed by atoms with Crippen LogP contribution in [0.2, 0.25) is 5.02 Å². The Balaban J connectivity index is 1.48. The Hall–Kier alpha value is -2.28. The molecule has 0 aliphatic carbocycles. The molecule has 2 aromatic rings. The van der Waals surface area contributed by atoms with Crippen molar-refractivity contribution in [3.05, 3.63) is 58.6 Å². The zero-order valence-corrected chi connectivity index (χ0v) is 18.3. The molecule has 0 radical (unpaired) electrons. The molecule has 0 aromatic heterocycles. The number of piperazine rings is 1. The zero-order chi connectivity index (χ0) is 21.2. The molecule has 7 heteroatoms. The van der Waals surface area contributed by atoms with Gasteiger partial charge in [-0.25, -0.2) is 0 Å². The van der Waals surface area contributed by atoms with Crippen molar-refractivity contribution in [2.75, 3.05) is 50.0 Å². The van der Waals surface area contributed by atoms with E-state index in [0.717, 1.165) is 55.5 Å². The van der Waals surface area contributed by atoms with Gasteiger partial charge in [0.05, 0.1) is 24.0 Å². The lowest BCUT2D eigenvalue weighted by Crippen LogP contribution is -2.49. The van der Waals surface area contributed by atoms with Crippen molar-refractivity contribution in [1.82, 2.24) is 10.2 Å². The molecule has 3 N–H and O–H groups in total. The molecule has 3 aliphatic rings. The molecule has 0 bridgehead atoms. The molecule has 2 atom stereocenters. The number of nitrogens with zero attached hydrogens (tertiary/aromatic N) is 1. The second kappa shape index (κ2) is 9.07. The van der Waals surface area contributed by atoms with Gasteiger partial charge in [-0.05, 0) is 36.1 Å². The first kappa shape index (κ1) is 20.6. The van der Waals surface area contributed by atoms with Crippen LogP contribution in [0.15, 0.2) is 42.5 Å². The van der Waals surface area contributed by atoms with Crippen LogP contribution in [0.1, 0.15) is 35.9 Å². The number of carbonyl (C=O) groups is 1. The van der Waals surface area contributed by atoms with Crippen LogP contribution in [0, 0.1) is 0 Å². The molecule has 2 saturated heterocycles. The first-order valence-corrected chi connectivity index (χ1v) is 11.5. The smallest absolute Gasteiger partial charge is 0.234 e. The first-order valence-electron chi connectivity index (χ1n) is 11.2. The van der Waals surface area contributed by atoms with Crippen LogP contribution in [0.5, 0.6) is 0 Å². The molecule has 2 unspecified atom stereocenters. The number of rotatable bonds is 5. The molecule has 164 valence electrons. The number of carbonyl (C=O) groups excluding carboxylic acids is 1. The van der Waals surface area contributed by atoms with Gasteiger partial charge in [0, 0.05) is 49.8 Å². The largest absolute Gasteiger partial charge is 0.381 e. The maximum Gasteiger partial charge on any atom is 0.234 e. The van der Waals surface area contributed by atoms with Gasteiger partial charge < -0.3 is 20.7 Å². The summed E-state index contributed by atoms with van der Waals surface area (Å²) >= 11 is 6.60. The maximum absolute atomic E-state index is 12.0. The Kier molecular flexibility index (Phi) is 6.03. The van der Waals surface area contributed by atoms with E-state index in [1.165, 1.54) is 11.1 Å². The molecule has 1 amide bonds. The number of hydrogen-bond donors (Lipinski definition) is 3. The van der Waals surface area contributed by atoms with Crippen LogP contribution in [0.4, 0.5) is 11.4 Å². The standard InChI is InChI=1S/C24H29ClN4O2/c25-17-12-19-20(14-29-9-8-26-22(30)15-29)23(16-4-2-1-3-5-16)28-24(19)21(13-17)27-18-6-10-31-11-7-18/h1-5,12-13,18,20,23,27-28H,6-11,14-15H2,(H,26,30). The summed E-state index contributed by atoms with van der Waals surface area (Å²) in [6.45, 7) is 4.41. The van der Waals surface area contributed by atoms with Crippen LogP contribution in [0.3, 0.4) is 0 Å². The van der Waals surface area contributed by atoms with Crippen molar-refractivity contribution < 1.29 is 9.53 Å². The van der Waals surface area contributed by atoms with Crippen molar-refractivity contribution in [2.24, 2.45) is 0 Å². The third kappa shape index (κ3) is 4.52. The average Bonchev–Trinajstić information content (AvgIpc) is 3.13. The molecular formula is C24H29ClN4O2. The molecule has 0 spiro atoms. The number of nitrogens with one attached hydrogen (secondary N) is 3. The third-order valence-corrected chi connectivity index (χ3v) is 6.77. The van der Waals surface area contributed by atoms with Gasteiger partial charge >= 0.3 is 0 Å².